The molecule has 2 aromatic rings. The van der Waals surface area contributed by atoms with Crippen LogP contribution in [0.3, 0.4) is 0 Å². The van der Waals surface area contributed by atoms with Gasteiger partial charge in [0.05, 0.1) is 10.6 Å². The van der Waals surface area contributed by atoms with Crippen LogP contribution in [0.4, 0.5) is 10.1 Å². The minimum absolute atomic E-state index is 0.00385. The van der Waals surface area contributed by atoms with E-state index in [0.29, 0.717) is 17.0 Å². The molecule has 0 saturated heterocycles. The minimum Gasteiger partial charge on any atom is -0.482 e. The van der Waals surface area contributed by atoms with E-state index >= 15 is 0 Å². The highest BCUT2D eigenvalue weighted by Crippen LogP contribution is 2.30. The normalized spacial score (nSPS) is 13.9. The second-order valence-corrected chi connectivity index (χ2v) is 6.71. The van der Waals surface area contributed by atoms with Crippen molar-refractivity contribution < 1.29 is 22.3 Å². The Morgan fingerprint density at radius 1 is 1.17 bits per heavy atom. The van der Waals surface area contributed by atoms with Gasteiger partial charge in [-0.3, -0.25) is 4.79 Å². The summed E-state index contributed by atoms with van der Waals surface area (Å²) in [6.07, 6.45) is 0. The molecular formula is C15H13FN2O4S. The topological polar surface area (TPSA) is 84.5 Å². The van der Waals surface area contributed by atoms with E-state index in [1.165, 1.54) is 42.5 Å². The molecule has 0 aromatic heterocycles. The van der Waals surface area contributed by atoms with Gasteiger partial charge in [0.1, 0.15) is 11.6 Å². The summed E-state index contributed by atoms with van der Waals surface area (Å²) in [5.74, 6) is -0.310. The Balaban J connectivity index is 1.78. The molecule has 0 bridgehead atoms. The van der Waals surface area contributed by atoms with E-state index in [2.05, 4.69) is 10.0 Å². The molecule has 3 rings (SSSR count). The van der Waals surface area contributed by atoms with Crippen LogP contribution in [0, 0.1) is 5.82 Å². The number of fused-ring (bicyclic) bond motifs is 1. The maximum Gasteiger partial charge on any atom is 0.262 e. The summed E-state index contributed by atoms with van der Waals surface area (Å²) < 4.78 is 45.0. The first kappa shape index (κ1) is 15.4. The first-order valence-electron chi connectivity index (χ1n) is 6.75. The van der Waals surface area contributed by atoms with Crippen LogP contribution in [0.15, 0.2) is 47.4 Å². The van der Waals surface area contributed by atoms with Crippen LogP contribution in [-0.4, -0.2) is 20.9 Å². The van der Waals surface area contributed by atoms with Gasteiger partial charge in [0.2, 0.25) is 10.0 Å². The summed E-state index contributed by atoms with van der Waals surface area (Å²) in [5, 5.41) is 2.55. The number of amides is 1. The molecule has 6 nitrogen and oxygen atoms in total. The van der Waals surface area contributed by atoms with Crippen LogP contribution < -0.4 is 14.8 Å². The van der Waals surface area contributed by atoms with Crippen molar-refractivity contribution in [3.8, 4) is 5.75 Å². The first-order chi connectivity index (χ1) is 10.9. The zero-order valence-electron chi connectivity index (χ0n) is 11.9. The second-order valence-electron chi connectivity index (χ2n) is 4.95. The lowest BCUT2D eigenvalue weighted by molar-refractivity contribution is -0.118. The van der Waals surface area contributed by atoms with Crippen molar-refractivity contribution in [2.24, 2.45) is 0 Å². The predicted octanol–water partition coefficient (Wildman–Crippen LogP) is 1.64. The summed E-state index contributed by atoms with van der Waals surface area (Å²) in [7, 11) is -3.77. The Bertz CT molecular complexity index is 850. The number of anilines is 1. The monoisotopic (exact) mass is 336 g/mol. The highest BCUT2D eigenvalue weighted by atomic mass is 32.2. The molecule has 1 heterocycles. The number of nitrogens with one attached hydrogen (secondary N) is 2. The van der Waals surface area contributed by atoms with E-state index in [4.69, 9.17) is 4.74 Å². The highest BCUT2D eigenvalue weighted by molar-refractivity contribution is 7.89. The number of carbonyl (C=O) groups is 1. The van der Waals surface area contributed by atoms with Crippen molar-refractivity contribution in [2.75, 3.05) is 11.9 Å². The van der Waals surface area contributed by atoms with Crippen molar-refractivity contribution in [1.82, 2.24) is 4.72 Å². The van der Waals surface area contributed by atoms with E-state index in [1.807, 2.05) is 0 Å². The molecule has 0 spiro atoms. The van der Waals surface area contributed by atoms with Gasteiger partial charge in [0, 0.05) is 6.54 Å². The molecule has 1 amide bonds. The second kappa shape index (κ2) is 5.98. The van der Waals surface area contributed by atoms with E-state index in [1.54, 1.807) is 0 Å². The summed E-state index contributed by atoms with van der Waals surface area (Å²) >= 11 is 0. The van der Waals surface area contributed by atoms with Gasteiger partial charge in [-0.25, -0.2) is 17.5 Å². The van der Waals surface area contributed by atoms with Gasteiger partial charge in [-0.05, 0) is 35.9 Å². The predicted molar refractivity (Wildman–Crippen MR) is 81.0 cm³/mol. The standard InChI is InChI=1S/C15H13FN2O4S/c16-11-3-1-10(2-4-11)8-17-23(20,21)12-5-6-14-13(7-12)18-15(19)9-22-14/h1-7,17H,8-9H2,(H,18,19). The maximum absolute atomic E-state index is 12.8. The summed E-state index contributed by atoms with van der Waals surface area (Å²) in [4.78, 5) is 11.3. The Labute approximate surface area is 132 Å². The average molecular weight is 336 g/mol. The Kier molecular flexibility index (Phi) is 4.01. The van der Waals surface area contributed by atoms with Crippen LogP contribution in [0.1, 0.15) is 5.56 Å². The molecule has 1 aliphatic rings. The summed E-state index contributed by atoms with van der Waals surface area (Å²) in [6.45, 7) is -0.0650. The number of benzene rings is 2. The molecule has 0 saturated carbocycles. The van der Waals surface area contributed by atoms with Crippen molar-refractivity contribution in [3.05, 3.63) is 53.8 Å². The molecule has 1 aliphatic heterocycles. The third-order valence-electron chi connectivity index (χ3n) is 3.27. The SMILES string of the molecule is O=C1COc2ccc(S(=O)(=O)NCc3ccc(F)cc3)cc2N1. The fourth-order valence-corrected chi connectivity index (χ4v) is 3.14. The zero-order valence-corrected chi connectivity index (χ0v) is 12.7. The molecule has 2 aromatic carbocycles. The fourth-order valence-electron chi connectivity index (χ4n) is 2.09. The van der Waals surface area contributed by atoms with E-state index in [9.17, 15) is 17.6 Å². The van der Waals surface area contributed by atoms with Crippen molar-refractivity contribution in [2.45, 2.75) is 11.4 Å². The Morgan fingerprint density at radius 2 is 1.91 bits per heavy atom. The number of ether oxygens (including phenoxy) is 1. The number of hydrogen-bond donors (Lipinski definition) is 2. The van der Waals surface area contributed by atoms with Crippen LogP contribution in [-0.2, 0) is 21.4 Å². The Morgan fingerprint density at radius 3 is 2.65 bits per heavy atom. The van der Waals surface area contributed by atoms with Gasteiger partial charge < -0.3 is 10.1 Å². The third kappa shape index (κ3) is 3.49. The van der Waals surface area contributed by atoms with Gasteiger partial charge in [0.15, 0.2) is 6.61 Å². The van der Waals surface area contributed by atoms with Crippen LogP contribution in [0.25, 0.3) is 0 Å². The van der Waals surface area contributed by atoms with Gasteiger partial charge in [-0.15, -0.1) is 0 Å². The number of rotatable bonds is 4. The lowest BCUT2D eigenvalue weighted by atomic mass is 10.2. The quantitative estimate of drug-likeness (QED) is 0.889. The fraction of sp³-hybridized carbons (Fsp3) is 0.133. The van der Waals surface area contributed by atoms with Gasteiger partial charge >= 0.3 is 0 Å². The van der Waals surface area contributed by atoms with Crippen molar-refractivity contribution in [1.29, 1.82) is 0 Å². The molecular weight excluding hydrogens is 323 g/mol. The van der Waals surface area contributed by atoms with E-state index < -0.39 is 10.0 Å². The molecule has 0 radical (unpaired) electrons. The number of carbonyl (C=O) groups excluding carboxylic acids is 1. The minimum atomic E-state index is -3.77. The van der Waals surface area contributed by atoms with Gasteiger partial charge in [-0.2, -0.15) is 0 Å². The average Bonchev–Trinajstić information content (AvgIpc) is 2.53. The smallest absolute Gasteiger partial charge is 0.262 e. The molecule has 0 aliphatic carbocycles. The van der Waals surface area contributed by atoms with E-state index in [-0.39, 0.29) is 29.8 Å². The lowest BCUT2D eigenvalue weighted by Crippen LogP contribution is -2.27. The van der Waals surface area contributed by atoms with Crippen molar-refractivity contribution in [3.63, 3.8) is 0 Å². The molecule has 23 heavy (non-hydrogen) atoms. The summed E-state index contributed by atoms with van der Waals surface area (Å²) in [5.41, 5.74) is 0.940. The van der Waals surface area contributed by atoms with Crippen LogP contribution in [0.2, 0.25) is 0 Å². The first-order valence-corrected chi connectivity index (χ1v) is 8.23. The van der Waals surface area contributed by atoms with Gasteiger partial charge in [0.25, 0.3) is 5.91 Å². The van der Waals surface area contributed by atoms with Crippen LogP contribution in [0.5, 0.6) is 5.75 Å². The highest BCUT2D eigenvalue weighted by Gasteiger charge is 2.20. The lowest BCUT2D eigenvalue weighted by Gasteiger charge is -2.18. The van der Waals surface area contributed by atoms with E-state index in [0.717, 1.165) is 0 Å². The largest absolute Gasteiger partial charge is 0.482 e. The third-order valence-corrected chi connectivity index (χ3v) is 4.67. The summed E-state index contributed by atoms with van der Waals surface area (Å²) in [6, 6.07) is 9.73. The van der Waals surface area contributed by atoms with Crippen LogP contribution >= 0.6 is 0 Å². The molecule has 0 unspecified atom stereocenters. The number of halogens is 1. The molecule has 8 heteroatoms. The number of hydrogen-bond acceptors (Lipinski definition) is 4. The van der Waals surface area contributed by atoms with Crippen molar-refractivity contribution >= 4 is 21.6 Å². The maximum atomic E-state index is 12.8. The molecule has 0 fully saturated rings. The van der Waals surface area contributed by atoms with Gasteiger partial charge in [-0.1, -0.05) is 12.1 Å². The molecule has 120 valence electrons. The molecule has 0 atom stereocenters. The number of sulfonamides is 1. The zero-order chi connectivity index (χ0) is 16.4. The Hall–Kier alpha value is -2.45. The molecule has 2 N–H and O–H groups in total.